The topological polar surface area (TPSA) is 95.3 Å². The molecule has 1 aliphatic rings. The highest BCUT2D eigenvalue weighted by Crippen LogP contribution is 2.26. The van der Waals surface area contributed by atoms with Crippen LogP contribution in [0.1, 0.15) is 12.8 Å². The highest BCUT2D eigenvalue weighted by Gasteiger charge is 2.27. The summed E-state index contributed by atoms with van der Waals surface area (Å²) in [5, 5.41) is 0.755. The van der Waals surface area contributed by atoms with Crippen LogP contribution in [0.4, 0.5) is 0 Å². The van der Waals surface area contributed by atoms with Gasteiger partial charge in [0, 0.05) is 18.5 Å². The van der Waals surface area contributed by atoms with Crippen LogP contribution in [0.2, 0.25) is 0 Å². The van der Waals surface area contributed by atoms with Crippen LogP contribution in [0.5, 0.6) is 11.5 Å². The first-order valence-electron chi connectivity index (χ1n) is 10.7. The van der Waals surface area contributed by atoms with E-state index in [4.69, 9.17) is 18.6 Å². The molecule has 1 fully saturated rings. The lowest BCUT2D eigenvalue weighted by Crippen LogP contribution is -2.42. The van der Waals surface area contributed by atoms with Gasteiger partial charge in [-0.1, -0.05) is 12.1 Å². The van der Waals surface area contributed by atoms with Crippen LogP contribution in [0.15, 0.2) is 57.7 Å². The second-order valence-corrected chi connectivity index (χ2v) is 7.84. The van der Waals surface area contributed by atoms with Gasteiger partial charge in [-0.25, -0.2) is 4.79 Å². The summed E-state index contributed by atoms with van der Waals surface area (Å²) >= 11 is 0. The van der Waals surface area contributed by atoms with Crippen LogP contribution in [0.3, 0.4) is 0 Å². The van der Waals surface area contributed by atoms with Crippen molar-refractivity contribution in [1.82, 2.24) is 4.90 Å². The third-order valence-corrected chi connectivity index (χ3v) is 5.85. The molecular formula is C25H25NO7. The lowest BCUT2D eigenvalue weighted by atomic mass is 9.97. The van der Waals surface area contributed by atoms with Crippen LogP contribution >= 0.6 is 0 Å². The van der Waals surface area contributed by atoms with E-state index in [-0.39, 0.29) is 24.4 Å². The fourth-order valence-electron chi connectivity index (χ4n) is 3.93. The van der Waals surface area contributed by atoms with Gasteiger partial charge in [0.15, 0.2) is 6.61 Å². The molecule has 172 valence electrons. The summed E-state index contributed by atoms with van der Waals surface area (Å²) in [7, 11) is 2.96. The molecule has 3 aromatic rings. The Balaban J connectivity index is 1.39. The molecule has 4 rings (SSSR count). The molecule has 8 heteroatoms. The van der Waals surface area contributed by atoms with Gasteiger partial charge in [-0.15, -0.1) is 0 Å². The van der Waals surface area contributed by atoms with Crippen molar-refractivity contribution in [1.29, 1.82) is 0 Å². The molecular weight excluding hydrogens is 426 g/mol. The zero-order chi connectivity index (χ0) is 23.4. The SMILES string of the molecule is COC(=O)C1CCN(C(=O)COc2ccc(-c3cc4cc(OC)ccc4oc3=O)cc2)CC1. The molecule has 8 nitrogen and oxygen atoms in total. The van der Waals surface area contributed by atoms with Gasteiger partial charge in [-0.3, -0.25) is 9.59 Å². The first-order chi connectivity index (χ1) is 16.0. The number of esters is 1. The molecule has 1 saturated heterocycles. The molecule has 1 aromatic heterocycles. The van der Waals surface area contributed by atoms with Gasteiger partial charge < -0.3 is 23.5 Å². The Hall–Kier alpha value is -3.81. The fourth-order valence-corrected chi connectivity index (χ4v) is 3.93. The van der Waals surface area contributed by atoms with Crippen molar-refractivity contribution < 1.29 is 28.2 Å². The van der Waals surface area contributed by atoms with E-state index in [1.807, 2.05) is 0 Å². The Kier molecular flexibility index (Phi) is 6.63. The summed E-state index contributed by atoms with van der Waals surface area (Å²) in [6, 6.07) is 13.9. The van der Waals surface area contributed by atoms with Gasteiger partial charge in [-0.2, -0.15) is 0 Å². The molecule has 0 spiro atoms. The summed E-state index contributed by atoms with van der Waals surface area (Å²) in [4.78, 5) is 38.2. The number of carbonyl (C=O) groups excluding carboxylic acids is 2. The maximum Gasteiger partial charge on any atom is 0.344 e. The number of methoxy groups -OCH3 is 2. The Morgan fingerprint density at radius 3 is 2.36 bits per heavy atom. The first kappa shape index (κ1) is 22.4. The molecule has 0 aliphatic carbocycles. The molecule has 0 unspecified atom stereocenters. The number of fused-ring (bicyclic) bond motifs is 1. The van der Waals surface area contributed by atoms with Gasteiger partial charge in [0.25, 0.3) is 5.91 Å². The Morgan fingerprint density at radius 1 is 1.00 bits per heavy atom. The van der Waals surface area contributed by atoms with Gasteiger partial charge in [0.05, 0.1) is 25.7 Å². The van der Waals surface area contributed by atoms with Crippen LogP contribution < -0.4 is 15.1 Å². The Labute approximate surface area is 190 Å². The van der Waals surface area contributed by atoms with Crippen molar-refractivity contribution >= 4 is 22.8 Å². The highest BCUT2D eigenvalue weighted by atomic mass is 16.5. The van der Waals surface area contributed by atoms with Gasteiger partial charge in [-0.05, 0) is 54.8 Å². The van der Waals surface area contributed by atoms with E-state index in [1.54, 1.807) is 60.5 Å². The summed E-state index contributed by atoms with van der Waals surface area (Å²) in [6.07, 6.45) is 1.18. The van der Waals surface area contributed by atoms with E-state index in [0.29, 0.717) is 54.1 Å². The molecule has 2 heterocycles. The number of nitrogens with zero attached hydrogens (tertiary/aromatic N) is 1. The van der Waals surface area contributed by atoms with E-state index >= 15 is 0 Å². The summed E-state index contributed by atoms with van der Waals surface area (Å²) in [5.74, 6) is 0.680. The third-order valence-electron chi connectivity index (χ3n) is 5.85. The number of hydrogen-bond acceptors (Lipinski definition) is 7. The zero-order valence-corrected chi connectivity index (χ0v) is 18.5. The predicted molar refractivity (Wildman–Crippen MR) is 121 cm³/mol. The average Bonchev–Trinajstić information content (AvgIpc) is 2.86. The lowest BCUT2D eigenvalue weighted by Gasteiger charge is -2.30. The Morgan fingerprint density at radius 2 is 1.70 bits per heavy atom. The average molecular weight is 451 g/mol. The highest BCUT2D eigenvalue weighted by molar-refractivity contribution is 5.83. The van der Waals surface area contributed by atoms with Crippen LogP contribution in [-0.2, 0) is 14.3 Å². The van der Waals surface area contributed by atoms with Crippen molar-refractivity contribution in [3.05, 3.63) is 59.0 Å². The van der Waals surface area contributed by atoms with Crippen molar-refractivity contribution in [3.63, 3.8) is 0 Å². The molecule has 0 N–H and O–H groups in total. The summed E-state index contributed by atoms with van der Waals surface area (Å²) in [6.45, 7) is 0.910. The van der Waals surface area contributed by atoms with Crippen molar-refractivity contribution in [3.8, 4) is 22.6 Å². The van der Waals surface area contributed by atoms with E-state index in [2.05, 4.69) is 0 Å². The van der Waals surface area contributed by atoms with Crippen LogP contribution in [0.25, 0.3) is 22.1 Å². The molecule has 33 heavy (non-hydrogen) atoms. The maximum absolute atomic E-state index is 12.4. The fraction of sp³-hybridized carbons (Fsp3) is 0.320. The maximum atomic E-state index is 12.4. The van der Waals surface area contributed by atoms with E-state index in [0.717, 1.165) is 5.39 Å². The Bertz CT molecular complexity index is 1210. The molecule has 1 aliphatic heterocycles. The number of benzene rings is 2. The first-order valence-corrected chi connectivity index (χ1v) is 10.7. The number of rotatable bonds is 6. The standard InChI is InChI=1S/C25H25NO7/c1-30-20-7-8-22-18(13-20)14-21(25(29)33-22)16-3-5-19(6-4-16)32-15-23(27)26-11-9-17(10-12-26)24(28)31-2/h3-8,13-14,17H,9-12,15H2,1-2H3. The summed E-state index contributed by atoms with van der Waals surface area (Å²) in [5.41, 5.74) is 1.15. The smallest absolute Gasteiger partial charge is 0.344 e. The van der Waals surface area contributed by atoms with Crippen molar-refractivity contribution in [2.75, 3.05) is 33.9 Å². The second kappa shape index (κ2) is 9.77. The zero-order valence-electron chi connectivity index (χ0n) is 18.5. The lowest BCUT2D eigenvalue weighted by molar-refractivity contribution is -0.149. The second-order valence-electron chi connectivity index (χ2n) is 7.84. The largest absolute Gasteiger partial charge is 0.497 e. The summed E-state index contributed by atoms with van der Waals surface area (Å²) < 4.78 is 21.1. The minimum atomic E-state index is -0.438. The van der Waals surface area contributed by atoms with Gasteiger partial charge in [0.1, 0.15) is 17.1 Å². The van der Waals surface area contributed by atoms with Crippen molar-refractivity contribution in [2.45, 2.75) is 12.8 Å². The van der Waals surface area contributed by atoms with Crippen LogP contribution in [-0.4, -0.2) is 50.7 Å². The number of carbonyl (C=O) groups is 2. The van der Waals surface area contributed by atoms with E-state index in [9.17, 15) is 14.4 Å². The number of amides is 1. The van der Waals surface area contributed by atoms with E-state index < -0.39 is 5.63 Å². The van der Waals surface area contributed by atoms with Gasteiger partial charge >= 0.3 is 11.6 Å². The molecule has 2 aromatic carbocycles. The molecule has 1 amide bonds. The number of likely N-dealkylation sites (tertiary alicyclic amines) is 1. The predicted octanol–water partition coefficient (Wildman–Crippen LogP) is 3.26. The third kappa shape index (κ3) is 5.00. The molecule has 0 saturated carbocycles. The van der Waals surface area contributed by atoms with Gasteiger partial charge in [0.2, 0.25) is 0 Å². The van der Waals surface area contributed by atoms with Crippen LogP contribution in [0, 0.1) is 5.92 Å². The normalized spacial score (nSPS) is 14.2. The monoisotopic (exact) mass is 451 g/mol. The number of piperidine rings is 1. The van der Waals surface area contributed by atoms with E-state index in [1.165, 1.54) is 7.11 Å². The number of hydrogen-bond donors (Lipinski definition) is 0. The number of ether oxygens (including phenoxy) is 3. The molecule has 0 bridgehead atoms. The minimum Gasteiger partial charge on any atom is -0.497 e. The minimum absolute atomic E-state index is 0.0971. The molecule has 0 radical (unpaired) electrons. The quantitative estimate of drug-likeness (QED) is 0.419. The molecule has 0 atom stereocenters. The van der Waals surface area contributed by atoms with Crippen molar-refractivity contribution in [2.24, 2.45) is 5.92 Å².